The van der Waals surface area contributed by atoms with Gasteiger partial charge in [-0.05, 0) is 55.6 Å². The lowest BCUT2D eigenvalue weighted by atomic mass is 10.0. The summed E-state index contributed by atoms with van der Waals surface area (Å²) in [4.78, 5) is 26.9. The van der Waals surface area contributed by atoms with Crippen molar-refractivity contribution in [3.8, 4) is 16.9 Å². The van der Waals surface area contributed by atoms with Gasteiger partial charge in [0.25, 0.3) is 5.91 Å². The molecular formula is C27H28FN7O2. The van der Waals surface area contributed by atoms with Crippen molar-refractivity contribution in [2.24, 2.45) is 17.0 Å². The number of rotatable bonds is 7. The molecule has 0 aliphatic heterocycles. The van der Waals surface area contributed by atoms with Crippen molar-refractivity contribution in [1.29, 1.82) is 0 Å². The van der Waals surface area contributed by atoms with Crippen LogP contribution in [0.2, 0.25) is 0 Å². The molecule has 2 heterocycles. The molecule has 0 fully saturated rings. The quantitative estimate of drug-likeness (QED) is 0.298. The van der Waals surface area contributed by atoms with E-state index < -0.39 is 11.9 Å². The Bertz CT molecular complexity index is 1510. The number of amidine groups is 1. The highest BCUT2D eigenvalue weighted by atomic mass is 19.1. The lowest BCUT2D eigenvalue weighted by Gasteiger charge is -2.22. The first-order chi connectivity index (χ1) is 17.7. The molecule has 2 aromatic carbocycles. The molecule has 0 aliphatic rings. The molecule has 190 valence electrons. The van der Waals surface area contributed by atoms with E-state index in [0.717, 1.165) is 11.1 Å². The molecule has 0 bridgehead atoms. The topological polar surface area (TPSA) is 97.0 Å². The number of likely N-dealkylation sites (N-methyl/N-ethyl adjacent to an activating group) is 1. The van der Waals surface area contributed by atoms with Crippen molar-refractivity contribution >= 4 is 40.7 Å². The minimum atomic E-state index is -0.808. The normalized spacial score (nSPS) is 12.3. The van der Waals surface area contributed by atoms with Gasteiger partial charge < -0.3 is 15.0 Å². The van der Waals surface area contributed by atoms with Crippen LogP contribution < -0.4 is 10.1 Å². The number of carbonyl (C=O) groups excluding carboxylic acids is 1. The summed E-state index contributed by atoms with van der Waals surface area (Å²) in [6.45, 7) is 5.39. The van der Waals surface area contributed by atoms with Gasteiger partial charge in [-0.25, -0.2) is 4.39 Å². The Morgan fingerprint density at radius 2 is 2.03 bits per heavy atom. The van der Waals surface area contributed by atoms with Gasteiger partial charge in [-0.3, -0.25) is 24.4 Å². The van der Waals surface area contributed by atoms with Gasteiger partial charge in [0.05, 0.1) is 28.7 Å². The first kappa shape index (κ1) is 25.5. The van der Waals surface area contributed by atoms with Gasteiger partial charge in [-0.1, -0.05) is 0 Å². The molecule has 4 aromatic rings. The molecule has 10 heteroatoms. The minimum absolute atomic E-state index is 0.204. The highest BCUT2D eigenvalue weighted by molar-refractivity contribution is 6.14. The largest absolute Gasteiger partial charge is 0.480 e. The lowest BCUT2D eigenvalue weighted by Crippen LogP contribution is -2.35. The average molecular weight is 502 g/mol. The van der Waals surface area contributed by atoms with Crippen molar-refractivity contribution in [3.63, 3.8) is 0 Å². The molecule has 0 aliphatic carbocycles. The minimum Gasteiger partial charge on any atom is -0.480 e. The van der Waals surface area contributed by atoms with Crippen LogP contribution in [-0.4, -0.2) is 65.4 Å². The summed E-state index contributed by atoms with van der Waals surface area (Å²) in [5, 5.41) is 7.69. The standard InChI is InChI=1S/C27H28FN7O2/c1-16(27(36)34(4)5)37-23-13-17(18-14-32-35(6)15-18)12-22(29-2)24(23)26(30-3)33-21-10-9-20-19(25(21)28)8-7-11-31-20/h7-16H,2H2,1,3-6H3,(H,30,33). The van der Waals surface area contributed by atoms with Gasteiger partial charge in [0.2, 0.25) is 0 Å². The molecule has 9 nitrogen and oxygen atoms in total. The number of nitrogens with one attached hydrogen (secondary N) is 1. The Labute approximate surface area is 214 Å². The number of amides is 1. The lowest BCUT2D eigenvalue weighted by molar-refractivity contribution is -0.135. The van der Waals surface area contributed by atoms with E-state index in [0.29, 0.717) is 33.7 Å². The van der Waals surface area contributed by atoms with Crippen LogP contribution in [0.4, 0.5) is 15.8 Å². The molecule has 37 heavy (non-hydrogen) atoms. The number of hydrogen-bond donors (Lipinski definition) is 1. The molecule has 0 spiro atoms. The third kappa shape index (κ3) is 5.18. The number of aryl methyl sites for hydroxylation is 1. The zero-order chi connectivity index (χ0) is 26.7. The van der Waals surface area contributed by atoms with E-state index in [1.165, 1.54) is 4.90 Å². The summed E-state index contributed by atoms with van der Waals surface area (Å²) in [5.74, 6) is -0.0588. The van der Waals surface area contributed by atoms with Crippen LogP contribution in [-0.2, 0) is 11.8 Å². The Kier molecular flexibility index (Phi) is 7.28. The second kappa shape index (κ2) is 10.6. The maximum Gasteiger partial charge on any atom is 0.262 e. The number of aromatic nitrogens is 3. The Morgan fingerprint density at radius 3 is 2.68 bits per heavy atom. The van der Waals surface area contributed by atoms with Crippen molar-refractivity contribution in [3.05, 3.63) is 66.4 Å². The van der Waals surface area contributed by atoms with E-state index in [1.807, 2.05) is 19.3 Å². The number of aliphatic imine (C=N–C) groups is 2. The van der Waals surface area contributed by atoms with Gasteiger partial charge in [0.1, 0.15) is 11.6 Å². The van der Waals surface area contributed by atoms with Crippen molar-refractivity contribution in [1.82, 2.24) is 19.7 Å². The van der Waals surface area contributed by atoms with Crippen LogP contribution in [0.5, 0.6) is 5.75 Å². The summed E-state index contributed by atoms with van der Waals surface area (Å²) in [6.07, 6.45) is 4.37. The summed E-state index contributed by atoms with van der Waals surface area (Å²) < 4.78 is 23.2. The van der Waals surface area contributed by atoms with Crippen LogP contribution >= 0.6 is 0 Å². The fourth-order valence-corrected chi connectivity index (χ4v) is 3.97. The maximum absolute atomic E-state index is 15.4. The van der Waals surface area contributed by atoms with Gasteiger partial charge in [0, 0.05) is 51.5 Å². The number of halogens is 1. The van der Waals surface area contributed by atoms with Gasteiger partial charge in [-0.2, -0.15) is 5.10 Å². The second-order valence-electron chi connectivity index (χ2n) is 8.62. The van der Waals surface area contributed by atoms with Crippen LogP contribution in [0.15, 0.2) is 65.0 Å². The summed E-state index contributed by atoms with van der Waals surface area (Å²) in [5.41, 5.74) is 3.21. The van der Waals surface area contributed by atoms with Crippen LogP contribution in [0.3, 0.4) is 0 Å². The van der Waals surface area contributed by atoms with E-state index in [4.69, 9.17) is 4.74 Å². The molecule has 1 N–H and O–H groups in total. The highest BCUT2D eigenvalue weighted by Crippen LogP contribution is 2.37. The smallest absolute Gasteiger partial charge is 0.262 e. The molecule has 1 atom stereocenters. The Hall–Kier alpha value is -4.60. The zero-order valence-corrected chi connectivity index (χ0v) is 21.4. The molecule has 1 amide bonds. The first-order valence-corrected chi connectivity index (χ1v) is 11.5. The summed E-state index contributed by atoms with van der Waals surface area (Å²) in [7, 11) is 6.70. The van der Waals surface area contributed by atoms with Crippen LogP contribution in [0.1, 0.15) is 12.5 Å². The van der Waals surface area contributed by atoms with E-state index in [-0.39, 0.29) is 11.6 Å². The number of pyridine rings is 1. The molecule has 4 rings (SSSR count). The molecule has 2 aromatic heterocycles. The molecular weight excluding hydrogens is 473 g/mol. The van der Waals surface area contributed by atoms with E-state index in [9.17, 15) is 4.79 Å². The number of ether oxygens (including phenoxy) is 1. The third-order valence-corrected chi connectivity index (χ3v) is 5.82. The van der Waals surface area contributed by atoms with Crippen molar-refractivity contribution in [2.75, 3.05) is 26.5 Å². The highest BCUT2D eigenvalue weighted by Gasteiger charge is 2.24. The number of nitrogens with zero attached hydrogens (tertiary/aromatic N) is 6. The van der Waals surface area contributed by atoms with Crippen LogP contribution in [0, 0.1) is 5.82 Å². The molecule has 1 unspecified atom stereocenters. The first-order valence-electron chi connectivity index (χ1n) is 11.5. The number of fused-ring (bicyclic) bond motifs is 1. The number of hydrogen-bond acceptors (Lipinski definition) is 6. The van der Waals surface area contributed by atoms with E-state index in [2.05, 4.69) is 32.1 Å². The Balaban J connectivity index is 1.84. The number of anilines is 1. The third-order valence-electron chi connectivity index (χ3n) is 5.82. The second-order valence-corrected chi connectivity index (χ2v) is 8.62. The van der Waals surface area contributed by atoms with Gasteiger partial charge >= 0.3 is 0 Å². The van der Waals surface area contributed by atoms with Crippen molar-refractivity contribution < 1.29 is 13.9 Å². The van der Waals surface area contributed by atoms with Gasteiger partial charge in [-0.15, -0.1) is 0 Å². The monoisotopic (exact) mass is 501 g/mol. The predicted molar refractivity (Wildman–Crippen MR) is 144 cm³/mol. The molecule has 0 saturated carbocycles. The van der Waals surface area contributed by atoms with Crippen LogP contribution in [0.25, 0.3) is 22.0 Å². The Morgan fingerprint density at radius 1 is 1.24 bits per heavy atom. The SMILES string of the molecule is C=Nc1cc(-c2cnn(C)c2)cc(OC(C)C(=O)N(C)C)c1C(=NC)Nc1ccc2ncccc2c1F. The van der Waals surface area contributed by atoms with E-state index in [1.54, 1.807) is 75.5 Å². The number of carbonyl (C=O) groups is 1. The van der Waals surface area contributed by atoms with E-state index >= 15 is 4.39 Å². The number of benzene rings is 2. The molecule has 0 saturated heterocycles. The maximum atomic E-state index is 15.4. The summed E-state index contributed by atoms with van der Waals surface area (Å²) >= 11 is 0. The molecule has 0 radical (unpaired) electrons. The predicted octanol–water partition coefficient (Wildman–Crippen LogP) is 4.45. The summed E-state index contributed by atoms with van der Waals surface area (Å²) in [6, 6.07) is 10.3. The van der Waals surface area contributed by atoms with Crippen molar-refractivity contribution in [2.45, 2.75) is 13.0 Å². The van der Waals surface area contributed by atoms with Gasteiger partial charge in [0.15, 0.2) is 11.9 Å². The fraction of sp³-hybridized carbons (Fsp3) is 0.222. The fourth-order valence-electron chi connectivity index (χ4n) is 3.97. The zero-order valence-electron chi connectivity index (χ0n) is 21.4. The average Bonchev–Trinajstić information content (AvgIpc) is 3.34.